The monoisotopic (exact) mass is 315 g/mol. The zero-order chi connectivity index (χ0) is 16.2. The molecule has 2 atom stereocenters. The fourth-order valence-electron chi connectivity index (χ4n) is 2.60. The summed E-state index contributed by atoms with van der Waals surface area (Å²) in [6, 6.07) is 6.54. The van der Waals surface area contributed by atoms with Crippen LogP contribution in [-0.4, -0.2) is 39.6 Å². The summed E-state index contributed by atoms with van der Waals surface area (Å²) < 4.78 is 5.58. The van der Waals surface area contributed by atoms with E-state index in [1.807, 2.05) is 24.3 Å². The minimum absolute atomic E-state index is 0.158. The molecule has 1 aliphatic heterocycles. The molecule has 1 amide bonds. The molecule has 1 aromatic carbocycles. The van der Waals surface area contributed by atoms with E-state index in [2.05, 4.69) is 15.3 Å². The van der Waals surface area contributed by atoms with Crippen LogP contribution in [0.3, 0.4) is 0 Å². The molecule has 23 heavy (non-hydrogen) atoms. The molecule has 7 heteroatoms. The first-order valence-corrected chi connectivity index (χ1v) is 7.34. The van der Waals surface area contributed by atoms with Gasteiger partial charge in [-0.1, -0.05) is 18.2 Å². The summed E-state index contributed by atoms with van der Waals surface area (Å²) in [4.78, 5) is 30.4. The number of amides is 1. The molecule has 0 spiro atoms. The normalized spacial score (nSPS) is 17.7. The molecule has 3 rings (SSSR count). The van der Waals surface area contributed by atoms with Gasteiger partial charge in [0.1, 0.15) is 18.4 Å². The number of ether oxygens (including phenoxy) is 1. The number of hydrogen-bond donors (Lipinski definition) is 3. The lowest BCUT2D eigenvalue weighted by Gasteiger charge is -2.25. The van der Waals surface area contributed by atoms with Crippen molar-refractivity contribution in [3.05, 3.63) is 48.0 Å². The van der Waals surface area contributed by atoms with Gasteiger partial charge in [0.15, 0.2) is 0 Å². The smallest absolute Gasteiger partial charge is 0.326 e. The Hall–Kier alpha value is -2.83. The maximum absolute atomic E-state index is 12.4. The predicted octanol–water partition coefficient (Wildman–Crippen LogP) is 0.773. The number of benzene rings is 1. The number of aromatic amines is 1. The number of carboxylic acids is 1. The molecule has 3 N–H and O–H groups in total. The summed E-state index contributed by atoms with van der Waals surface area (Å²) in [5.74, 6) is -1.01. The number of carbonyl (C=O) groups excluding carboxylic acids is 1. The van der Waals surface area contributed by atoms with E-state index in [1.54, 1.807) is 6.20 Å². The molecular formula is C16H17N3O4. The second-order valence-corrected chi connectivity index (χ2v) is 5.50. The van der Waals surface area contributed by atoms with Gasteiger partial charge in [0, 0.05) is 18.3 Å². The van der Waals surface area contributed by atoms with E-state index in [1.165, 1.54) is 6.33 Å². The number of imidazole rings is 1. The highest BCUT2D eigenvalue weighted by Crippen LogP contribution is 2.26. The van der Waals surface area contributed by atoms with Gasteiger partial charge in [0.2, 0.25) is 5.91 Å². The Morgan fingerprint density at radius 2 is 2.26 bits per heavy atom. The maximum atomic E-state index is 12.4. The van der Waals surface area contributed by atoms with Gasteiger partial charge >= 0.3 is 5.97 Å². The van der Waals surface area contributed by atoms with Gasteiger partial charge in [-0.2, -0.15) is 0 Å². The Labute approximate surface area is 132 Å². The second-order valence-electron chi connectivity index (χ2n) is 5.50. The SMILES string of the molecule is O=C(N[C@H](Cc1cnc[nH]1)C(=O)O)C1COc2ccccc2C1. The van der Waals surface area contributed by atoms with Crippen LogP contribution in [0.2, 0.25) is 0 Å². The summed E-state index contributed by atoms with van der Waals surface area (Å²) in [6.45, 7) is 0.249. The van der Waals surface area contributed by atoms with E-state index in [0.717, 1.165) is 11.3 Å². The average Bonchev–Trinajstić information content (AvgIpc) is 3.06. The van der Waals surface area contributed by atoms with Crippen molar-refractivity contribution in [3.8, 4) is 5.75 Å². The molecule has 1 aliphatic rings. The van der Waals surface area contributed by atoms with Crippen LogP contribution in [0.5, 0.6) is 5.75 Å². The lowest BCUT2D eigenvalue weighted by atomic mass is 9.95. The number of H-pyrrole nitrogens is 1. The van der Waals surface area contributed by atoms with Crippen LogP contribution >= 0.6 is 0 Å². The average molecular weight is 315 g/mol. The van der Waals surface area contributed by atoms with E-state index in [9.17, 15) is 14.7 Å². The van der Waals surface area contributed by atoms with Gasteiger partial charge < -0.3 is 20.1 Å². The fourth-order valence-corrected chi connectivity index (χ4v) is 2.60. The number of para-hydroxylation sites is 1. The third-order valence-electron chi connectivity index (χ3n) is 3.84. The van der Waals surface area contributed by atoms with E-state index >= 15 is 0 Å². The minimum atomic E-state index is -1.08. The zero-order valence-corrected chi connectivity index (χ0v) is 12.4. The Balaban J connectivity index is 1.64. The van der Waals surface area contributed by atoms with Gasteiger partial charge in [0.25, 0.3) is 0 Å². The Bertz CT molecular complexity index is 699. The van der Waals surface area contributed by atoms with Crippen LogP contribution < -0.4 is 10.1 Å². The van der Waals surface area contributed by atoms with E-state index in [4.69, 9.17) is 4.74 Å². The highest BCUT2D eigenvalue weighted by Gasteiger charge is 2.29. The molecule has 2 aromatic rings. The molecule has 0 radical (unpaired) electrons. The van der Waals surface area contributed by atoms with Crippen molar-refractivity contribution in [2.75, 3.05) is 6.61 Å². The highest BCUT2D eigenvalue weighted by atomic mass is 16.5. The quantitative estimate of drug-likeness (QED) is 0.756. The Morgan fingerprint density at radius 1 is 1.43 bits per heavy atom. The molecule has 120 valence electrons. The van der Waals surface area contributed by atoms with Gasteiger partial charge in [0.05, 0.1) is 12.2 Å². The number of aromatic nitrogens is 2. The number of rotatable bonds is 5. The fraction of sp³-hybridized carbons (Fsp3) is 0.312. The van der Waals surface area contributed by atoms with Crippen LogP contribution in [0.4, 0.5) is 0 Å². The zero-order valence-electron chi connectivity index (χ0n) is 12.4. The summed E-state index contributed by atoms with van der Waals surface area (Å²) in [6.07, 6.45) is 3.72. The number of carbonyl (C=O) groups is 2. The molecule has 0 fully saturated rings. The van der Waals surface area contributed by atoms with Crippen LogP contribution in [0, 0.1) is 5.92 Å². The van der Waals surface area contributed by atoms with Crippen LogP contribution in [-0.2, 0) is 22.4 Å². The van der Waals surface area contributed by atoms with Crippen LogP contribution in [0.25, 0.3) is 0 Å². The number of nitrogens with one attached hydrogen (secondary N) is 2. The van der Waals surface area contributed by atoms with Crippen LogP contribution in [0.1, 0.15) is 11.3 Å². The van der Waals surface area contributed by atoms with Gasteiger partial charge in [-0.05, 0) is 18.1 Å². The van der Waals surface area contributed by atoms with Crippen molar-refractivity contribution in [1.82, 2.24) is 15.3 Å². The number of hydrogen-bond acceptors (Lipinski definition) is 4. The lowest BCUT2D eigenvalue weighted by Crippen LogP contribution is -2.47. The van der Waals surface area contributed by atoms with Crippen molar-refractivity contribution in [2.45, 2.75) is 18.9 Å². The molecule has 0 bridgehead atoms. The summed E-state index contributed by atoms with van der Waals surface area (Å²) in [5.41, 5.74) is 1.61. The first kappa shape index (κ1) is 15.1. The van der Waals surface area contributed by atoms with Crippen molar-refractivity contribution >= 4 is 11.9 Å². The minimum Gasteiger partial charge on any atom is -0.492 e. The standard InChI is InChI=1S/C16H17N3O4/c20-15(11-5-10-3-1-2-4-14(10)23-8-11)19-13(16(21)22)6-12-7-17-9-18-12/h1-4,7,9,11,13H,5-6,8H2,(H,17,18)(H,19,20)(H,21,22)/t11?,13-/m1/s1. The lowest BCUT2D eigenvalue weighted by molar-refractivity contribution is -0.142. The molecule has 0 saturated carbocycles. The van der Waals surface area contributed by atoms with E-state index < -0.39 is 17.9 Å². The van der Waals surface area contributed by atoms with Crippen LogP contribution in [0.15, 0.2) is 36.8 Å². The highest BCUT2D eigenvalue weighted by molar-refractivity contribution is 5.85. The largest absolute Gasteiger partial charge is 0.492 e. The van der Waals surface area contributed by atoms with Gasteiger partial charge in [-0.3, -0.25) is 4.79 Å². The molecule has 0 saturated heterocycles. The molecule has 2 heterocycles. The molecule has 1 aromatic heterocycles. The third kappa shape index (κ3) is 3.50. The molecular weight excluding hydrogens is 298 g/mol. The first-order chi connectivity index (χ1) is 11.1. The van der Waals surface area contributed by atoms with Crippen molar-refractivity contribution in [2.24, 2.45) is 5.92 Å². The van der Waals surface area contributed by atoms with Crippen molar-refractivity contribution < 1.29 is 19.4 Å². The summed E-state index contributed by atoms with van der Waals surface area (Å²) in [5, 5.41) is 11.9. The number of aliphatic carboxylic acids is 1. The molecule has 7 nitrogen and oxygen atoms in total. The first-order valence-electron chi connectivity index (χ1n) is 7.34. The summed E-state index contributed by atoms with van der Waals surface area (Å²) in [7, 11) is 0. The van der Waals surface area contributed by atoms with Crippen molar-refractivity contribution in [3.63, 3.8) is 0 Å². The second kappa shape index (κ2) is 6.51. The predicted molar refractivity (Wildman–Crippen MR) is 81.0 cm³/mol. The summed E-state index contributed by atoms with van der Waals surface area (Å²) >= 11 is 0. The van der Waals surface area contributed by atoms with Gasteiger partial charge in [-0.15, -0.1) is 0 Å². The molecule has 1 unspecified atom stereocenters. The van der Waals surface area contributed by atoms with E-state index in [0.29, 0.717) is 12.1 Å². The number of nitrogens with zero attached hydrogens (tertiary/aromatic N) is 1. The Kier molecular flexibility index (Phi) is 4.27. The van der Waals surface area contributed by atoms with Gasteiger partial charge in [-0.25, -0.2) is 9.78 Å². The molecule has 0 aliphatic carbocycles. The number of carboxylic acid groups (broad SMARTS) is 1. The Morgan fingerprint density at radius 3 is 3.00 bits per heavy atom. The topological polar surface area (TPSA) is 104 Å². The van der Waals surface area contributed by atoms with Crippen molar-refractivity contribution in [1.29, 1.82) is 0 Å². The number of fused-ring (bicyclic) bond motifs is 1. The third-order valence-corrected chi connectivity index (χ3v) is 3.84. The maximum Gasteiger partial charge on any atom is 0.326 e. The van der Waals surface area contributed by atoms with E-state index in [-0.39, 0.29) is 18.9 Å².